The maximum absolute atomic E-state index is 10.3. The molecule has 0 aliphatic carbocycles. The molecule has 0 amide bonds. The van der Waals surface area contributed by atoms with Gasteiger partial charge in [0.15, 0.2) is 0 Å². The van der Waals surface area contributed by atoms with Crippen molar-refractivity contribution in [2.24, 2.45) is 0 Å². The third kappa shape index (κ3) is 5.29. The number of aliphatic hydroxyl groups is 1. The Kier molecular flexibility index (Phi) is 6.45. The Hall–Kier alpha value is -2.41. The standard InChI is InChI=1S/C20H23ClN4O2/c1-15(16-3-7-18(8-4-16)25-14-22-13-23-25)24(2)11-19(26)12-27-20-9-5-17(21)6-10-20/h3-10,13-15,19,26H,11-12H2,1-2H3. The highest BCUT2D eigenvalue weighted by molar-refractivity contribution is 6.30. The third-order valence-electron chi connectivity index (χ3n) is 4.47. The van der Waals surface area contributed by atoms with Crippen molar-refractivity contribution in [3.05, 3.63) is 71.8 Å². The molecule has 27 heavy (non-hydrogen) atoms. The van der Waals surface area contributed by atoms with Gasteiger partial charge in [0.2, 0.25) is 0 Å². The first-order valence-electron chi connectivity index (χ1n) is 8.74. The number of ether oxygens (including phenoxy) is 1. The average Bonchev–Trinajstić information content (AvgIpc) is 3.22. The van der Waals surface area contributed by atoms with Crippen molar-refractivity contribution >= 4 is 11.6 Å². The second-order valence-corrected chi connectivity index (χ2v) is 6.90. The SMILES string of the molecule is CC(c1ccc(-n2cncn2)cc1)N(C)CC(O)COc1ccc(Cl)cc1. The van der Waals surface area contributed by atoms with Crippen molar-refractivity contribution in [3.63, 3.8) is 0 Å². The minimum atomic E-state index is -0.595. The molecule has 0 bridgehead atoms. The monoisotopic (exact) mass is 386 g/mol. The van der Waals surface area contributed by atoms with Crippen LogP contribution in [0.15, 0.2) is 61.2 Å². The second kappa shape index (κ2) is 8.99. The molecule has 0 aliphatic heterocycles. The summed E-state index contributed by atoms with van der Waals surface area (Å²) in [6.07, 6.45) is 2.59. The highest BCUT2D eigenvalue weighted by Gasteiger charge is 2.16. The van der Waals surface area contributed by atoms with Gasteiger partial charge in [-0.2, -0.15) is 5.10 Å². The molecule has 0 spiro atoms. The van der Waals surface area contributed by atoms with Gasteiger partial charge in [0, 0.05) is 17.6 Å². The lowest BCUT2D eigenvalue weighted by Gasteiger charge is -2.27. The van der Waals surface area contributed by atoms with Crippen molar-refractivity contribution in [2.45, 2.75) is 19.1 Å². The summed E-state index contributed by atoms with van der Waals surface area (Å²) in [5.74, 6) is 0.692. The predicted molar refractivity (Wildman–Crippen MR) is 105 cm³/mol. The zero-order valence-corrected chi connectivity index (χ0v) is 16.1. The van der Waals surface area contributed by atoms with E-state index in [1.807, 2.05) is 19.2 Å². The molecule has 1 N–H and O–H groups in total. The summed E-state index contributed by atoms with van der Waals surface area (Å²) in [4.78, 5) is 6.06. The highest BCUT2D eigenvalue weighted by Crippen LogP contribution is 2.21. The van der Waals surface area contributed by atoms with E-state index in [0.29, 0.717) is 17.3 Å². The van der Waals surface area contributed by atoms with Crippen LogP contribution in [-0.2, 0) is 0 Å². The smallest absolute Gasteiger partial charge is 0.138 e. The number of aromatic nitrogens is 3. The largest absolute Gasteiger partial charge is 0.491 e. The molecule has 0 saturated carbocycles. The fraction of sp³-hybridized carbons (Fsp3) is 0.300. The lowest BCUT2D eigenvalue weighted by atomic mass is 10.1. The van der Waals surface area contributed by atoms with Crippen LogP contribution < -0.4 is 4.74 Å². The van der Waals surface area contributed by atoms with E-state index in [0.717, 1.165) is 11.3 Å². The predicted octanol–water partition coefficient (Wildman–Crippen LogP) is 3.35. The van der Waals surface area contributed by atoms with Gasteiger partial charge >= 0.3 is 0 Å². The minimum Gasteiger partial charge on any atom is -0.491 e. The number of hydrogen-bond acceptors (Lipinski definition) is 5. The molecule has 2 aromatic carbocycles. The molecule has 1 heterocycles. The van der Waals surface area contributed by atoms with E-state index in [4.69, 9.17) is 16.3 Å². The summed E-state index contributed by atoms with van der Waals surface area (Å²) in [5, 5.41) is 15.1. The summed E-state index contributed by atoms with van der Waals surface area (Å²) < 4.78 is 7.33. The van der Waals surface area contributed by atoms with Gasteiger partial charge in [-0.3, -0.25) is 4.90 Å². The van der Waals surface area contributed by atoms with E-state index in [9.17, 15) is 5.11 Å². The molecule has 0 fully saturated rings. The van der Waals surface area contributed by atoms with E-state index < -0.39 is 6.10 Å². The molecule has 0 radical (unpaired) electrons. The molecule has 0 saturated heterocycles. The Labute approximate surface area is 164 Å². The van der Waals surface area contributed by atoms with Gasteiger partial charge in [-0.15, -0.1) is 0 Å². The normalized spacial score (nSPS) is 13.5. The Morgan fingerprint density at radius 3 is 2.48 bits per heavy atom. The molecule has 3 rings (SSSR count). The van der Waals surface area contributed by atoms with Crippen LogP contribution in [0.1, 0.15) is 18.5 Å². The summed E-state index contributed by atoms with van der Waals surface area (Å²) in [7, 11) is 1.99. The van der Waals surface area contributed by atoms with E-state index in [1.165, 1.54) is 6.33 Å². The lowest BCUT2D eigenvalue weighted by molar-refractivity contribution is 0.0654. The Morgan fingerprint density at radius 2 is 1.85 bits per heavy atom. The van der Waals surface area contributed by atoms with Gasteiger partial charge in [0.25, 0.3) is 0 Å². The highest BCUT2D eigenvalue weighted by atomic mass is 35.5. The average molecular weight is 387 g/mol. The van der Waals surface area contributed by atoms with Crippen LogP contribution in [0.25, 0.3) is 5.69 Å². The maximum atomic E-state index is 10.3. The summed E-state index contributed by atoms with van der Waals surface area (Å²) >= 11 is 5.86. The number of likely N-dealkylation sites (N-methyl/N-ethyl adjacent to an activating group) is 1. The fourth-order valence-electron chi connectivity index (χ4n) is 2.77. The summed E-state index contributed by atoms with van der Waals surface area (Å²) in [5.41, 5.74) is 2.12. The second-order valence-electron chi connectivity index (χ2n) is 6.47. The van der Waals surface area contributed by atoms with Crippen molar-refractivity contribution in [2.75, 3.05) is 20.2 Å². The van der Waals surface area contributed by atoms with Gasteiger partial charge in [0.1, 0.15) is 31.1 Å². The van der Waals surface area contributed by atoms with Crippen LogP contribution in [0.5, 0.6) is 5.75 Å². The van der Waals surface area contributed by atoms with Crippen LogP contribution in [-0.4, -0.2) is 51.1 Å². The van der Waals surface area contributed by atoms with E-state index in [1.54, 1.807) is 35.3 Å². The van der Waals surface area contributed by atoms with Crippen LogP contribution in [0.3, 0.4) is 0 Å². The van der Waals surface area contributed by atoms with Crippen molar-refractivity contribution < 1.29 is 9.84 Å². The van der Waals surface area contributed by atoms with Gasteiger partial charge < -0.3 is 9.84 Å². The van der Waals surface area contributed by atoms with Crippen LogP contribution in [0.4, 0.5) is 0 Å². The third-order valence-corrected chi connectivity index (χ3v) is 4.73. The first-order chi connectivity index (χ1) is 13.0. The minimum absolute atomic E-state index is 0.153. The topological polar surface area (TPSA) is 63.4 Å². The molecule has 2 atom stereocenters. The van der Waals surface area contributed by atoms with E-state index in [2.05, 4.69) is 34.0 Å². The number of rotatable bonds is 8. The van der Waals surface area contributed by atoms with Crippen molar-refractivity contribution in [1.29, 1.82) is 0 Å². The number of halogens is 1. The number of benzene rings is 2. The molecule has 1 aromatic heterocycles. The molecule has 7 heteroatoms. The van der Waals surface area contributed by atoms with Gasteiger partial charge in [-0.1, -0.05) is 23.7 Å². The molecule has 2 unspecified atom stereocenters. The molecule has 142 valence electrons. The zero-order valence-electron chi connectivity index (χ0n) is 15.4. The van der Waals surface area contributed by atoms with Crippen LogP contribution in [0.2, 0.25) is 5.02 Å². The van der Waals surface area contributed by atoms with Crippen LogP contribution >= 0.6 is 11.6 Å². The van der Waals surface area contributed by atoms with E-state index >= 15 is 0 Å². The summed E-state index contributed by atoms with van der Waals surface area (Å²) in [6, 6.07) is 15.4. The maximum Gasteiger partial charge on any atom is 0.138 e. The Balaban J connectivity index is 1.51. The number of aliphatic hydroxyl groups excluding tert-OH is 1. The Bertz CT molecular complexity index is 822. The Morgan fingerprint density at radius 1 is 1.15 bits per heavy atom. The number of hydrogen-bond donors (Lipinski definition) is 1. The summed E-state index contributed by atoms with van der Waals surface area (Å²) in [6.45, 7) is 2.83. The van der Waals surface area contributed by atoms with Gasteiger partial charge in [0.05, 0.1) is 5.69 Å². The first-order valence-corrected chi connectivity index (χ1v) is 9.12. The molecule has 6 nitrogen and oxygen atoms in total. The molecule has 0 aliphatic rings. The quantitative estimate of drug-likeness (QED) is 0.643. The lowest BCUT2D eigenvalue weighted by Crippen LogP contribution is -2.34. The van der Waals surface area contributed by atoms with Crippen LogP contribution in [0, 0.1) is 0 Å². The molecule has 3 aromatic rings. The number of nitrogens with zero attached hydrogens (tertiary/aromatic N) is 4. The van der Waals surface area contributed by atoms with Gasteiger partial charge in [-0.25, -0.2) is 9.67 Å². The first kappa shape index (κ1) is 19.4. The van der Waals surface area contributed by atoms with Crippen molar-refractivity contribution in [3.8, 4) is 11.4 Å². The molecular weight excluding hydrogens is 364 g/mol. The fourth-order valence-corrected chi connectivity index (χ4v) is 2.89. The van der Waals surface area contributed by atoms with E-state index in [-0.39, 0.29) is 12.6 Å². The zero-order chi connectivity index (χ0) is 19.2. The van der Waals surface area contributed by atoms with Crippen molar-refractivity contribution in [1.82, 2.24) is 19.7 Å². The van der Waals surface area contributed by atoms with Gasteiger partial charge in [-0.05, 0) is 55.9 Å². The molecular formula is C20H23ClN4O2.